The molecule has 188 valence electrons. The first kappa shape index (κ1) is 26.1. The zero-order valence-electron chi connectivity index (χ0n) is 21.8. The molecule has 33 heavy (non-hydrogen) atoms. The van der Waals surface area contributed by atoms with Crippen molar-refractivity contribution in [2.45, 2.75) is 116 Å². The number of aromatic nitrogens is 2. The van der Waals surface area contributed by atoms with Gasteiger partial charge in [0.15, 0.2) is 11.6 Å². The van der Waals surface area contributed by atoms with Crippen LogP contribution in [0.1, 0.15) is 80.9 Å². The number of hydrogen-bond acceptors (Lipinski definition) is 9. The zero-order chi connectivity index (χ0) is 24.8. The summed E-state index contributed by atoms with van der Waals surface area (Å²) < 4.78 is 42.3. The fourth-order valence-corrected chi connectivity index (χ4v) is 3.66. The Labute approximate surface area is 197 Å². The monoisotopic (exact) mass is 468 g/mol. The Kier molecular flexibility index (Phi) is 7.06. The molecular formula is C24H40N2O7. The summed E-state index contributed by atoms with van der Waals surface area (Å²) in [5, 5.41) is 0. The fraction of sp³-hybridized carbons (Fsp3) is 0.833. The Balaban J connectivity index is 1.94. The molecule has 3 rings (SSSR count). The van der Waals surface area contributed by atoms with E-state index in [1.807, 2.05) is 69.2 Å². The highest BCUT2D eigenvalue weighted by Gasteiger charge is 2.56. The van der Waals surface area contributed by atoms with E-state index in [0.717, 1.165) is 0 Å². The molecule has 0 bridgehead atoms. The lowest BCUT2D eigenvalue weighted by Crippen LogP contribution is -2.37. The summed E-state index contributed by atoms with van der Waals surface area (Å²) in [4.78, 5) is 9.01. The highest BCUT2D eigenvalue weighted by Crippen LogP contribution is 2.47. The van der Waals surface area contributed by atoms with E-state index in [0.29, 0.717) is 11.4 Å². The first-order chi connectivity index (χ1) is 15.0. The lowest BCUT2D eigenvalue weighted by molar-refractivity contribution is -0.230. The van der Waals surface area contributed by atoms with E-state index in [-0.39, 0.29) is 30.9 Å². The van der Waals surface area contributed by atoms with Crippen molar-refractivity contribution in [2.24, 2.45) is 0 Å². The Hall–Kier alpha value is -1.52. The summed E-state index contributed by atoms with van der Waals surface area (Å²) in [5.74, 6) is -1.11. The molecule has 1 aromatic rings. The van der Waals surface area contributed by atoms with Gasteiger partial charge in [-0.05, 0) is 69.2 Å². The quantitative estimate of drug-likeness (QED) is 0.546. The van der Waals surface area contributed by atoms with Crippen molar-refractivity contribution in [3.05, 3.63) is 11.8 Å². The number of fused-ring (bicyclic) bond motifs is 1. The SMILES string of the molecule is COC(C)(C)OC[C@H]1O[C@H](c2cnc(OC(C)(C)C)nc2OC(C)(C)C)[C@@H]2OC(C)(C)O[C@@H]21. The molecule has 2 aliphatic heterocycles. The average Bonchev–Trinajstić information content (AvgIpc) is 3.11. The predicted octanol–water partition coefficient (Wildman–Crippen LogP) is 4.19. The molecule has 2 aliphatic rings. The van der Waals surface area contributed by atoms with Crippen LogP contribution in [0, 0.1) is 0 Å². The lowest BCUT2D eigenvalue weighted by Gasteiger charge is -2.29. The van der Waals surface area contributed by atoms with Crippen molar-refractivity contribution < 1.29 is 33.2 Å². The lowest BCUT2D eigenvalue weighted by atomic mass is 10.0. The van der Waals surface area contributed by atoms with Crippen LogP contribution in [0.3, 0.4) is 0 Å². The van der Waals surface area contributed by atoms with E-state index < -0.39 is 28.9 Å². The van der Waals surface area contributed by atoms with Crippen molar-refractivity contribution in [1.82, 2.24) is 9.97 Å². The van der Waals surface area contributed by atoms with Crippen LogP contribution in [0.5, 0.6) is 11.9 Å². The third-order valence-corrected chi connectivity index (χ3v) is 5.10. The Morgan fingerprint density at radius 1 is 0.939 bits per heavy atom. The van der Waals surface area contributed by atoms with E-state index in [9.17, 15) is 0 Å². The van der Waals surface area contributed by atoms with Gasteiger partial charge in [-0.2, -0.15) is 4.98 Å². The minimum Gasteiger partial charge on any atom is -0.472 e. The summed E-state index contributed by atoms with van der Waals surface area (Å²) in [6.07, 6.45) is 0.111. The Morgan fingerprint density at radius 3 is 2.12 bits per heavy atom. The van der Waals surface area contributed by atoms with Crippen LogP contribution in [0.25, 0.3) is 0 Å². The molecule has 0 unspecified atom stereocenters. The van der Waals surface area contributed by atoms with Crippen LogP contribution >= 0.6 is 0 Å². The highest BCUT2D eigenvalue weighted by atomic mass is 16.8. The first-order valence-electron chi connectivity index (χ1n) is 11.4. The van der Waals surface area contributed by atoms with E-state index in [4.69, 9.17) is 33.2 Å². The number of nitrogens with zero attached hydrogens (tertiary/aromatic N) is 2. The molecule has 2 fully saturated rings. The number of rotatable bonds is 7. The minimum absolute atomic E-state index is 0.241. The number of methoxy groups -OCH3 is 1. The van der Waals surface area contributed by atoms with Gasteiger partial charge in [0.25, 0.3) is 0 Å². The summed E-state index contributed by atoms with van der Waals surface area (Å²) in [7, 11) is 1.61. The van der Waals surface area contributed by atoms with Crippen LogP contribution in [-0.2, 0) is 23.7 Å². The molecule has 9 nitrogen and oxygen atoms in total. The third kappa shape index (κ3) is 6.76. The fourth-order valence-electron chi connectivity index (χ4n) is 3.66. The van der Waals surface area contributed by atoms with Crippen LogP contribution in [0.2, 0.25) is 0 Å². The Morgan fingerprint density at radius 2 is 1.55 bits per heavy atom. The minimum atomic E-state index is -0.756. The van der Waals surface area contributed by atoms with Crippen LogP contribution in [0.15, 0.2) is 6.20 Å². The van der Waals surface area contributed by atoms with Crippen molar-refractivity contribution in [3.63, 3.8) is 0 Å². The van der Waals surface area contributed by atoms with Crippen LogP contribution < -0.4 is 9.47 Å². The van der Waals surface area contributed by atoms with Gasteiger partial charge in [0.1, 0.15) is 35.6 Å². The summed E-state index contributed by atoms with van der Waals surface area (Å²) >= 11 is 0. The first-order valence-corrected chi connectivity index (χ1v) is 11.4. The van der Waals surface area contributed by atoms with Gasteiger partial charge in [0.2, 0.25) is 5.88 Å². The smallest absolute Gasteiger partial charge is 0.320 e. The molecule has 3 heterocycles. The van der Waals surface area contributed by atoms with Gasteiger partial charge in [-0.15, -0.1) is 0 Å². The molecule has 0 aromatic carbocycles. The van der Waals surface area contributed by atoms with Crippen LogP contribution in [0.4, 0.5) is 0 Å². The second-order valence-electron chi connectivity index (χ2n) is 11.4. The maximum atomic E-state index is 6.41. The summed E-state index contributed by atoms with van der Waals surface area (Å²) in [6.45, 7) is 19.5. The number of ether oxygens (including phenoxy) is 7. The van der Waals surface area contributed by atoms with Crippen LogP contribution in [-0.4, -0.2) is 64.8 Å². The molecule has 0 radical (unpaired) electrons. The van der Waals surface area contributed by atoms with E-state index in [1.165, 1.54) is 0 Å². The topological polar surface area (TPSA) is 90.4 Å². The van der Waals surface area contributed by atoms with Gasteiger partial charge in [-0.25, -0.2) is 4.98 Å². The zero-order valence-corrected chi connectivity index (χ0v) is 21.8. The van der Waals surface area contributed by atoms with Gasteiger partial charge >= 0.3 is 6.01 Å². The second kappa shape index (κ2) is 8.92. The van der Waals surface area contributed by atoms with Crippen molar-refractivity contribution in [3.8, 4) is 11.9 Å². The molecule has 0 amide bonds. The van der Waals surface area contributed by atoms with Gasteiger partial charge < -0.3 is 33.2 Å². The molecule has 0 spiro atoms. The molecule has 0 aliphatic carbocycles. The van der Waals surface area contributed by atoms with E-state index in [2.05, 4.69) is 9.97 Å². The molecule has 4 atom stereocenters. The molecule has 1 aromatic heterocycles. The van der Waals surface area contributed by atoms with Gasteiger partial charge in [-0.1, -0.05) is 0 Å². The van der Waals surface area contributed by atoms with Crippen molar-refractivity contribution in [1.29, 1.82) is 0 Å². The number of hydrogen-bond donors (Lipinski definition) is 0. The van der Waals surface area contributed by atoms with Gasteiger partial charge in [-0.3, -0.25) is 0 Å². The normalized spacial score (nSPS) is 27.5. The summed E-state index contributed by atoms with van der Waals surface area (Å²) in [5.41, 5.74) is -0.258. The van der Waals surface area contributed by atoms with Gasteiger partial charge in [0.05, 0.1) is 12.2 Å². The molecule has 9 heteroatoms. The maximum absolute atomic E-state index is 6.41. The van der Waals surface area contributed by atoms with E-state index in [1.54, 1.807) is 13.3 Å². The standard InChI is InChI=1S/C24H40N2O7/c1-21(2,3)32-19-14(12-25-20(26-19)33-22(4,5)6)16-18-17(30-24(9,10)31-18)15(29-16)13-28-23(7,8)27-11/h12,15-18H,13H2,1-11H3/t15-,16-,17-,18+/m1/s1. The second-order valence-corrected chi connectivity index (χ2v) is 11.4. The largest absolute Gasteiger partial charge is 0.472 e. The molecule has 2 saturated heterocycles. The predicted molar refractivity (Wildman–Crippen MR) is 121 cm³/mol. The molecule has 0 N–H and O–H groups in total. The third-order valence-electron chi connectivity index (χ3n) is 5.10. The van der Waals surface area contributed by atoms with Crippen molar-refractivity contribution >= 4 is 0 Å². The highest BCUT2D eigenvalue weighted by molar-refractivity contribution is 5.31. The summed E-state index contributed by atoms with van der Waals surface area (Å²) in [6, 6.07) is 0.241. The average molecular weight is 469 g/mol. The Bertz CT molecular complexity index is 829. The molecule has 0 saturated carbocycles. The van der Waals surface area contributed by atoms with Crippen molar-refractivity contribution in [2.75, 3.05) is 13.7 Å². The molecular weight excluding hydrogens is 428 g/mol. The van der Waals surface area contributed by atoms with E-state index >= 15 is 0 Å². The van der Waals surface area contributed by atoms with Gasteiger partial charge in [0, 0.05) is 13.3 Å². The maximum Gasteiger partial charge on any atom is 0.320 e.